The first-order valence-corrected chi connectivity index (χ1v) is 7.13. The molecule has 2 aromatic heterocycles. The minimum Gasteiger partial charge on any atom is -0.481 e. The van der Waals surface area contributed by atoms with Gasteiger partial charge in [-0.1, -0.05) is 11.8 Å². The number of aryl methyl sites for hydroxylation is 3. The van der Waals surface area contributed by atoms with Gasteiger partial charge in [-0.15, -0.1) is 5.10 Å². The highest BCUT2D eigenvalue weighted by Gasteiger charge is 2.18. The molecule has 0 saturated carbocycles. The maximum atomic E-state index is 10.7. The van der Waals surface area contributed by atoms with Crippen molar-refractivity contribution in [3.05, 3.63) is 17.1 Å². The lowest BCUT2D eigenvalue weighted by Gasteiger charge is -2.04. The number of carboxylic acid groups (broad SMARTS) is 1. The Balaban J connectivity index is 2.67. The molecule has 0 saturated heterocycles. The van der Waals surface area contributed by atoms with E-state index in [0.29, 0.717) is 5.03 Å². The molecule has 1 N–H and O–H groups in total. The molecule has 0 amide bonds. The summed E-state index contributed by atoms with van der Waals surface area (Å²) in [5, 5.41) is 20.0. The molecule has 5 nitrogen and oxygen atoms in total. The fourth-order valence-corrected chi connectivity index (χ4v) is 3.27. The smallest absolute Gasteiger partial charge is 0.313 e. The molecule has 0 fully saturated rings. The van der Waals surface area contributed by atoms with Gasteiger partial charge in [-0.3, -0.25) is 4.79 Å². The van der Waals surface area contributed by atoms with E-state index in [2.05, 4.69) is 28.6 Å². The van der Waals surface area contributed by atoms with Gasteiger partial charge in [0.15, 0.2) is 0 Å². The lowest BCUT2D eigenvalue weighted by Crippen LogP contribution is -2.00. The minimum atomic E-state index is -0.843. The summed E-state index contributed by atoms with van der Waals surface area (Å²) in [5.74, 6) is -0.840. The van der Waals surface area contributed by atoms with Crippen molar-refractivity contribution in [2.45, 2.75) is 39.3 Å². The van der Waals surface area contributed by atoms with Gasteiger partial charge in [0.1, 0.15) is 5.03 Å². The lowest BCUT2D eigenvalue weighted by atomic mass is 10.2. The highest BCUT2D eigenvalue weighted by molar-refractivity contribution is 8.00. The maximum absolute atomic E-state index is 10.7. The van der Waals surface area contributed by atoms with Gasteiger partial charge in [-0.25, -0.2) is 0 Å². The summed E-state index contributed by atoms with van der Waals surface area (Å²) in [6, 6.07) is 0. The van der Waals surface area contributed by atoms with Crippen LogP contribution in [0.4, 0.5) is 0 Å². The first-order valence-electron chi connectivity index (χ1n) is 6.14. The van der Waals surface area contributed by atoms with Gasteiger partial charge in [0.05, 0.1) is 11.4 Å². The summed E-state index contributed by atoms with van der Waals surface area (Å²) in [7, 11) is 0. The van der Waals surface area contributed by atoms with Crippen LogP contribution in [0, 0.1) is 20.8 Å². The number of aliphatic carboxylic acids is 1. The van der Waals surface area contributed by atoms with Crippen molar-refractivity contribution < 1.29 is 9.90 Å². The number of rotatable bonds is 4. The molecule has 0 aromatic carbocycles. The van der Waals surface area contributed by atoms with Crippen molar-refractivity contribution in [1.82, 2.24) is 14.8 Å². The molecule has 0 aliphatic heterocycles. The van der Waals surface area contributed by atoms with Crippen LogP contribution in [-0.2, 0) is 11.3 Å². The number of aromatic nitrogens is 3. The standard InChI is InChI=1S/C13H17N3O2S/c1-5-16-8(3)11-7(2)14-15-13(12(11)9(16)4)19-6-10(17)18/h5-6H2,1-4H3,(H,17,18). The zero-order chi connectivity index (χ0) is 14.2. The van der Waals surface area contributed by atoms with Crippen LogP contribution in [-0.4, -0.2) is 31.6 Å². The van der Waals surface area contributed by atoms with Crippen molar-refractivity contribution in [3.63, 3.8) is 0 Å². The molecule has 6 heteroatoms. The van der Waals surface area contributed by atoms with Gasteiger partial charge in [0, 0.05) is 28.7 Å². The van der Waals surface area contributed by atoms with Gasteiger partial charge in [-0.2, -0.15) is 5.10 Å². The van der Waals surface area contributed by atoms with Crippen molar-refractivity contribution >= 4 is 28.5 Å². The number of carboxylic acids is 1. The van der Waals surface area contributed by atoms with Gasteiger partial charge >= 0.3 is 5.97 Å². The van der Waals surface area contributed by atoms with Crippen LogP contribution in [0.3, 0.4) is 0 Å². The molecular weight excluding hydrogens is 262 g/mol. The van der Waals surface area contributed by atoms with Crippen molar-refractivity contribution in [2.75, 3.05) is 5.75 Å². The Bertz CT molecular complexity index is 649. The summed E-state index contributed by atoms with van der Waals surface area (Å²) < 4.78 is 2.21. The molecule has 0 spiro atoms. The second-order valence-electron chi connectivity index (χ2n) is 4.44. The molecule has 0 aliphatic carbocycles. The zero-order valence-corrected chi connectivity index (χ0v) is 12.3. The van der Waals surface area contributed by atoms with Gasteiger partial charge in [0.25, 0.3) is 0 Å². The summed E-state index contributed by atoms with van der Waals surface area (Å²) in [6.45, 7) is 9.03. The van der Waals surface area contributed by atoms with Gasteiger partial charge in [0.2, 0.25) is 0 Å². The molecule has 0 radical (unpaired) electrons. The molecule has 0 unspecified atom stereocenters. The Morgan fingerprint density at radius 3 is 2.42 bits per heavy atom. The molecule has 19 heavy (non-hydrogen) atoms. The fourth-order valence-electron chi connectivity index (χ4n) is 2.51. The monoisotopic (exact) mass is 279 g/mol. The lowest BCUT2D eigenvalue weighted by molar-refractivity contribution is -0.133. The van der Waals surface area contributed by atoms with Crippen LogP contribution in [0.1, 0.15) is 24.0 Å². The number of thioether (sulfide) groups is 1. The van der Waals surface area contributed by atoms with Crippen LogP contribution < -0.4 is 0 Å². The van der Waals surface area contributed by atoms with E-state index in [4.69, 9.17) is 5.11 Å². The molecule has 2 aromatic rings. The average Bonchev–Trinajstić information content (AvgIpc) is 2.61. The van der Waals surface area contributed by atoms with Gasteiger partial charge in [-0.05, 0) is 27.7 Å². The molecule has 102 valence electrons. The number of nitrogens with zero attached hydrogens (tertiary/aromatic N) is 3. The van der Waals surface area contributed by atoms with E-state index in [9.17, 15) is 4.79 Å². The predicted molar refractivity (Wildman–Crippen MR) is 75.8 cm³/mol. The van der Waals surface area contributed by atoms with Crippen LogP contribution in [0.2, 0.25) is 0 Å². The van der Waals surface area contributed by atoms with Crippen LogP contribution in [0.5, 0.6) is 0 Å². The van der Waals surface area contributed by atoms with Crippen molar-refractivity contribution in [2.24, 2.45) is 0 Å². The molecule has 2 heterocycles. The Morgan fingerprint density at radius 2 is 1.84 bits per heavy atom. The van der Waals surface area contributed by atoms with E-state index in [1.54, 1.807) is 0 Å². The number of fused-ring (bicyclic) bond motifs is 1. The number of hydrogen-bond donors (Lipinski definition) is 1. The summed E-state index contributed by atoms with van der Waals surface area (Å²) in [6.07, 6.45) is 0. The normalized spacial score (nSPS) is 11.2. The molecule has 0 aliphatic rings. The second-order valence-corrected chi connectivity index (χ2v) is 5.40. The van der Waals surface area contributed by atoms with E-state index in [1.165, 1.54) is 17.5 Å². The van der Waals surface area contributed by atoms with E-state index < -0.39 is 5.97 Å². The summed E-state index contributed by atoms with van der Waals surface area (Å²) >= 11 is 1.23. The zero-order valence-electron chi connectivity index (χ0n) is 11.5. The first-order chi connectivity index (χ1) is 8.97. The second kappa shape index (κ2) is 5.21. The van der Waals surface area contributed by atoms with Crippen LogP contribution in [0.25, 0.3) is 10.8 Å². The van der Waals surface area contributed by atoms with Crippen LogP contribution >= 0.6 is 11.8 Å². The largest absolute Gasteiger partial charge is 0.481 e. The highest BCUT2D eigenvalue weighted by atomic mass is 32.2. The van der Waals surface area contributed by atoms with E-state index >= 15 is 0 Å². The Labute approximate surface area is 116 Å². The number of carbonyl (C=O) groups is 1. The Hall–Kier alpha value is -1.56. The number of hydrogen-bond acceptors (Lipinski definition) is 4. The van der Waals surface area contributed by atoms with E-state index in [-0.39, 0.29) is 5.75 Å². The quantitative estimate of drug-likeness (QED) is 0.871. The topological polar surface area (TPSA) is 68.0 Å². The molecule has 2 rings (SSSR count). The Kier molecular flexibility index (Phi) is 3.80. The third-order valence-electron chi connectivity index (χ3n) is 3.30. The van der Waals surface area contributed by atoms with Gasteiger partial charge < -0.3 is 9.67 Å². The Morgan fingerprint density at radius 1 is 1.21 bits per heavy atom. The third-order valence-corrected chi connectivity index (χ3v) is 4.25. The van der Waals surface area contributed by atoms with E-state index in [0.717, 1.165) is 28.7 Å². The average molecular weight is 279 g/mol. The molecule has 0 bridgehead atoms. The van der Waals surface area contributed by atoms with Crippen molar-refractivity contribution in [3.8, 4) is 0 Å². The third kappa shape index (κ3) is 2.32. The molecular formula is C13H17N3O2S. The first kappa shape index (κ1) is 13.9. The predicted octanol–water partition coefficient (Wildman–Crippen LogP) is 2.55. The maximum Gasteiger partial charge on any atom is 0.313 e. The molecule has 0 atom stereocenters. The SMILES string of the molecule is CCn1c(C)c2c(C)nnc(SCC(=O)O)c2c1C. The minimum absolute atomic E-state index is 0.00261. The highest BCUT2D eigenvalue weighted by Crippen LogP contribution is 2.33. The fraction of sp³-hybridized carbons (Fsp3) is 0.462. The summed E-state index contributed by atoms with van der Waals surface area (Å²) in [4.78, 5) is 10.7. The van der Waals surface area contributed by atoms with Crippen LogP contribution in [0.15, 0.2) is 5.03 Å². The van der Waals surface area contributed by atoms with Crippen molar-refractivity contribution in [1.29, 1.82) is 0 Å². The summed E-state index contributed by atoms with van der Waals surface area (Å²) in [5.41, 5.74) is 3.18. The van der Waals surface area contributed by atoms with E-state index in [1.807, 2.05) is 13.8 Å².